The monoisotopic (exact) mass is 547 g/mol. The van der Waals surface area contributed by atoms with Crippen molar-refractivity contribution in [3.05, 3.63) is 101 Å². The van der Waals surface area contributed by atoms with Crippen LogP contribution in [0.25, 0.3) is 5.69 Å². The summed E-state index contributed by atoms with van der Waals surface area (Å²) < 4.78 is 20.3. The third kappa shape index (κ3) is 7.29. The van der Waals surface area contributed by atoms with Crippen molar-refractivity contribution in [1.82, 2.24) is 20.1 Å². The molecule has 1 heterocycles. The summed E-state index contributed by atoms with van der Waals surface area (Å²) in [6.45, 7) is 4.00. The van der Waals surface area contributed by atoms with Gasteiger partial charge in [0.2, 0.25) is 5.91 Å². The molecule has 4 rings (SSSR count). The lowest BCUT2D eigenvalue weighted by Crippen LogP contribution is -2.24. The average molecular weight is 548 g/mol. The second-order valence-electron chi connectivity index (χ2n) is 8.40. The smallest absolute Gasteiger partial charge is 0.338 e. The Morgan fingerprint density at radius 3 is 2.46 bits per heavy atom. The number of aromatic nitrogens is 3. The Kier molecular flexibility index (Phi) is 9.06. The molecule has 0 spiro atoms. The van der Waals surface area contributed by atoms with Crippen molar-refractivity contribution in [1.29, 1.82) is 0 Å². The summed E-state index contributed by atoms with van der Waals surface area (Å²) in [6.07, 6.45) is 0. The fourth-order valence-corrected chi connectivity index (χ4v) is 4.43. The van der Waals surface area contributed by atoms with Crippen molar-refractivity contribution >= 4 is 35.2 Å². The molecule has 2 N–H and O–H groups in total. The zero-order chi connectivity index (χ0) is 27.8. The highest BCUT2D eigenvalue weighted by Gasteiger charge is 2.18. The van der Waals surface area contributed by atoms with E-state index in [1.807, 2.05) is 31.2 Å². The topological polar surface area (TPSA) is 115 Å². The molecule has 200 valence electrons. The second-order valence-corrected chi connectivity index (χ2v) is 9.34. The Balaban J connectivity index is 1.45. The number of hydrogen-bond acceptors (Lipinski definition) is 7. The van der Waals surface area contributed by atoms with E-state index in [-0.39, 0.29) is 30.4 Å². The molecule has 0 fully saturated rings. The minimum absolute atomic E-state index is 0.0376. The standard InChI is InChI=1S/C28H26FN5O4S/c1-3-38-27(37)19-10-12-22(13-11-19)31-25(35)17-39-28-33-32-24(34(28)23-9-4-6-18(2)14-23)16-30-26(36)20-7-5-8-21(29)15-20/h4-15H,3,16-17H2,1-2H3,(H,30,36)(H,31,35). The Labute approximate surface area is 228 Å². The van der Waals surface area contributed by atoms with Gasteiger partial charge in [-0.05, 0) is 74.0 Å². The van der Waals surface area contributed by atoms with E-state index in [1.54, 1.807) is 35.8 Å². The molecule has 2 amide bonds. The summed E-state index contributed by atoms with van der Waals surface area (Å²) in [5.41, 5.74) is 2.91. The molecule has 0 radical (unpaired) electrons. The molecule has 0 saturated carbocycles. The fourth-order valence-electron chi connectivity index (χ4n) is 3.66. The van der Waals surface area contributed by atoms with Crippen LogP contribution in [0.4, 0.5) is 10.1 Å². The number of carbonyl (C=O) groups excluding carboxylic acids is 3. The molecule has 0 atom stereocenters. The van der Waals surface area contributed by atoms with Gasteiger partial charge in [0.15, 0.2) is 11.0 Å². The number of esters is 1. The summed E-state index contributed by atoms with van der Waals surface area (Å²) in [5.74, 6) is -1.16. The van der Waals surface area contributed by atoms with E-state index in [2.05, 4.69) is 20.8 Å². The average Bonchev–Trinajstić information content (AvgIpc) is 3.34. The van der Waals surface area contributed by atoms with Gasteiger partial charge in [-0.2, -0.15) is 0 Å². The Morgan fingerprint density at radius 1 is 0.974 bits per heavy atom. The lowest BCUT2D eigenvalue weighted by molar-refractivity contribution is -0.113. The molecule has 0 aliphatic rings. The number of benzene rings is 3. The molecule has 1 aromatic heterocycles. The third-order valence-corrected chi connectivity index (χ3v) is 6.40. The lowest BCUT2D eigenvalue weighted by Gasteiger charge is -2.12. The molecule has 0 aliphatic carbocycles. The molecule has 0 bridgehead atoms. The molecule has 4 aromatic rings. The molecule has 3 aromatic carbocycles. The minimum atomic E-state index is -0.502. The van der Waals surface area contributed by atoms with Crippen LogP contribution in [0.15, 0.2) is 78.0 Å². The van der Waals surface area contributed by atoms with Gasteiger partial charge in [-0.3, -0.25) is 14.2 Å². The van der Waals surface area contributed by atoms with Gasteiger partial charge in [0.25, 0.3) is 5.91 Å². The highest BCUT2D eigenvalue weighted by Crippen LogP contribution is 2.23. The normalized spacial score (nSPS) is 10.6. The molecular formula is C28H26FN5O4S. The number of carbonyl (C=O) groups is 3. The number of rotatable bonds is 10. The largest absolute Gasteiger partial charge is 0.462 e. The van der Waals surface area contributed by atoms with Crippen LogP contribution >= 0.6 is 11.8 Å². The predicted octanol–water partition coefficient (Wildman–Crippen LogP) is 4.55. The third-order valence-electron chi connectivity index (χ3n) is 5.47. The van der Waals surface area contributed by atoms with E-state index in [0.717, 1.165) is 17.3 Å². The molecule has 0 saturated heterocycles. The molecule has 39 heavy (non-hydrogen) atoms. The van der Waals surface area contributed by atoms with E-state index in [0.29, 0.717) is 22.2 Å². The van der Waals surface area contributed by atoms with Crippen molar-refractivity contribution in [2.24, 2.45) is 0 Å². The van der Waals surface area contributed by atoms with Crippen LogP contribution in [0.2, 0.25) is 0 Å². The summed E-state index contributed by atoms with van der Waals surface area (Å²) in [7, 11) is 0. The number of nitrogens with one attached hydrogen (secondary N) is 2. The maximum atomic E-state index is 13.5. The first-order valence-electron chi connectivity index (χ1n) is 12.1. The van der Waals surface area contributed by atoms with Crippen LogP contribution in [0, 0.1) is 12.7 Å². The predicted molar refractivity (Wildman–Crippen MR) is 145 cm³/mol. The van der Waals surface area contributed by atoms with Gasteiger partial charge in [0.05, 0.1) is 24.5 Å². The number of hydrogen-bond donors (Lipinski definition) is 2. The number of aryl methyl sites for hydroxylation is 1. The maximum absolute atomic E-state index is 13.5. The highest BCUT2D eigenvalue weighted by molar-refractivity contribution is 7.99. The van der Waals surface area contributed by atoms with Gasteiger partial charge in [-0.1, -0.05) is 30.0 Å². The Hall–Kier alpha value is -4.51. The van der Waals surface area contributed by atoms with Crippen LogP contribution in [-0.2, 0) is 16.1 Å². The number of amides is 2. The molecule has 0 aliphatic heterocycles. The first-order valence-corrected chi connectivity index (χ1v) is 13.1. The van der Waals surface area contributed by atoms with Gasteiger partial charge in [0.1, 0.15) is 5.82 Å². The summed E-state index contributed by atoms with van der Waals surface area (Å²) in [6, 6.07) is 19.5. The lowest BCUT2D eigenvalue weighted by atomic mass is 10.2. The number of ether oxygens (including phenoxy) is 1. The highest BCUT2D eigenvalue weighted by atomic mass is 32.2. The van der Waals surface area contributed by atoms with Crippen molar-refractivity contribution in [3.63, 3.8) is 0 Å². The molecular weight excluding hydrogens is 521 g/mol. The molecule has 9 nitrogen and oxygen atoms in total. The molecule has 11 heteroatoms. The number of halogens is 1. The van der Waals surface area contributed by atoms with Gasteiger partial charge < -0.3 is 15.4 Å². The molecule has 0 unspecified atom stereocenters. The van der Waals surface area contributed by atoms with Crippen LogP contribution in [-0.4, -0.2) is 44.9 Å². The van der Waals surface area contributed by atoms with E-state index in [1.165, 1.54) is 30.0 Å². The zero-order valence-electron chi connectivity index (χ0n) is 21.3. The first-order chi connectivity index (χ1) is 18.8. The van der Waals surface area contributed by atoms with Gasteiger partial charge in [0, 0.05) is 16.9 Å². The number of nitrogens with zero attached hydrogens (tertiary/aromatic N) is 3. The Bertz CT molecular complexity index is 1490. The van der Waals surface area contributed by atoms with Crippen molar-refractivity contribution in [2.45, 2.75) is 25.5 Å². The zero-order valence-corrected chi connectivity index (χ0v) is 22.1. The van der Waals surface area contributed by atoms with Crippen molar-refractivity contribution in [2.75, 3.05) is 17.7 Å². The van der Waals surface area contributed by atoms with E-state index < -0.39 is 17.7 Å². The van der Waals surface area contributed by atoms with Crippen molar-refractivity contribution < 1.29 is 23.5 Å². The van der Waals surface area contributed by atoms with Crippen molar-refractivity contribution in [3.8, 4) is 5.69 Å². The van der Waals surface area contributed by atoms with E-state index in [4.69, 9.17) is 4.74 Å². The number of anilines is 1. The van der Waals surface area contributed by atoms with Gasteiger partial charge in [-0.15, -0.1) is 10.2 Å². The first kappa shape index (κ1) is 27.5. The Morgan fingerprint density at radius 2 is 1.74 bits per heavy atom. The summed E-state index contributed by atoms with van der Waals surface area (Å²) in [4.78, 5) is 37.0. The van der Waals surface area contributed by atoms with E-state index in [9.17, 15) is 18.8 Å². The minimum Gasteiger partial charge on any atom is -0.462 e. The fraction of sp³-hybridized carbons (Fsp3) is 0.179. The van der Waals surface area contributed by atoms with Crippen LogP contribution < -0.4 is 10.6 Å². The van der Waals surface area contributed by atoms with Gasteiger partial charge >= 0.3 is 5.97 Å². The quantitative estimate of drug-likeness (QED) is 0.221. The number of thioether (sulfide) groups is 1. The van der Waals surface area contributed by atoms with Crippen LogP contribution in [0.5, 0.6) is 0 Å². The van der Waals surface area contributed by atoms with Crippen LogP contribution in [0.1, 0.15) is 39.0 Å². The summed E-state index contributed by atoms with van der Waals surface area (Å²) in [5, 5.41) is 14.5. The SMILES string of the molecule is CCOC(=O)c1ccc(NC(=O)CSc2nnc(CNC(=O)c3cccc(F)c3)n2-c2cccc(C)c2)cc1. The second kappa shape index (κ2) is 12.8. The summed E-state index contributed by atoms with van der Waals surface area (Å²) >= 11 is 1.18. The van der Waals surface area contributed by atoms with Crippen LogP contribution in [0.3, 0.4) is 0 Å². The van der Waals surface area contributed by atoms with Gasteiger partial charge in [-0.25, -0.2) is 9.18 Å². The maximum Gasteiger partial charge on any atom is 0.338 e. The van der Waals surface area contributed by atoms with E-state index >= 15 is 0 Å².